The third kappa shape index (κ3) is 57.1. The Labute approximate surface area is 448 Å². The molecule has 0 spiro atoms. The summed E-state index contributed by atoms with van der Waals surface area (Å²) >= 11 is 0. The number of aliphatic hydroxyl groups excluding tert-OH is 2. The molecule has 0 heterocycles. The van der Waals surface area contributed by atoms with Gasteiger partial charge < -0.3 is 20.3 Å². The van der Waals surface area contributed by atoms with E-state index in [2.05, 4.69) is 55.6 Å². The van der Waals surface area contributed by atoms with Gasteiger partial charge in [-0.15, -0.1) is 0 Å². The van der Waals surface area contributed by atoms with Gasteiger partial charge in [0.05, 0.1) is 25.4 Å². The number of ether oxygens (including phenoxy) is 1. The molecule has 0 aliphatic carbocycles. The van der Waals surface area contributed by atoms with Gasteiger partial charge in [-0.3, -0.25) is 9.59 Å². The molecule has 0 bridgehead atoms. The molecule has 0 aromatic rings. The van der Waals surface area contributed by atoms with Crippen LogP contribution in [0.3, 0.4) is 0 Å². The number of hydrogen-bond acceptors (Lipinski definition) is 5. The van der Waals surface area contributed by atoms with Crippen molar-refractivity contribution in [1.82, 2.24) is 5.32 Å². The van der Waals surface area contributed by atoms with Crippen LogP contribution >= 0.6 is 0 Å². The number of amides is 1. The molecule has 0 aliphatic rings. The quantitative estimate of drug-likeness (QED) is 0.0320. The second-order valence-corrected chi connectivity index (χ2v) is 21.7. The number of aliphatic hydroxyl groups is 2. The van der Waals surface area contributed by atoms with E-state index in [1.807, 2.05) is 6.08 Å². The summed E-state index contributed by atoms with van der Waals surface area (Å²) < 4.78 is 5.47. The number of nitrogens with one attached hydrogen (secondary N) is 1. The Balaban J connectivity index is 3.47. The number of unbranched alkanes of at least 4 members (excludes halogenated alkanes) is 42. The Morgan fingerprint density at radius 3 is 1.11 bits per heavy atom. The van der Waals surface area contributed by atoms with E-state index in [0.29, 0.717) is 19.4 Å². The zero-order valence-corrected chi connectivity index (χ0v) is 48.2. The molecule has 422 valence electrons. The van der Waals surface area contributed by atoms with Crippen molar-refractivity contribution in [3.8, 4) is 0 Å². The van der Waals surface area contributed by atoms with Crippen LogP contribution in [0.15, 0.2) is 48.6 Å². The molecular weight excluding hydrogens is 887 g/mol. The zero-order chi connectivity index (χ0) is 52.2. The Morgan fingerprint density at radius 2 is 0.708 bits per heavy atom. The molecule has 2 atom stereocenters. The summed E-state index contributed by atoms with van der Waals surface area (Å²) in [7, 11) is 0. The highest BCUT2D eigenvalue weighted by Gasteiger charge is 2.18. The highest BCUT2D eigenvalue weighted by atomic mass is 16.5. The molecule has 6 nitrogen and oxygen atoms in total. The molecule has 0 rings (SSSR count). The maximum absolute atomic E-state index is 12.5. The van der Waals surface area contributed by atoms with E-state index < -0.39 is 12.1 Å². The summed E-state index contributed by atoms with van der Waals surface area (Å²) in [6.45, 7) is 4.87. The van der Waals surface area contributed by atoms with Crippen LogP contribution in [0.25, 0.3) is 0 Å². The Hall–Kier alpha value is -2.18. The molecule has 1 amide bonds. The average Bonchev–Trinajstić information content (AvgIpc) is 3.38. The second kappa shape index (κ2) is 61.4. The van der Waals surface area contributed by atoms with Gasteiger partial charge in [-0.1, -0.05) is 287 Å². The van der Waals surface area contributed by atoms with Gasteiger partial charge in [-0.25, -0.2) is 0 Å². The van der Waals surface area contributed by atoms with Crippen LogP contribution in [-0.4, -0.2) is 47.4 Å². The molecular formula is C66H123NO5. The first-order chi connectivity index (χ1) is 35.5. The number of esters is 1. The van der Waals surface area contributed by atoms with Gasteiger partial charge in [-0.2, -0.15) is 0 Å². The lowest BCUT2D eigenvalue weighted by Crippen LogP contribution is -2.45. The molecule has 0 radical (unpaired) electrons. The van der Waals surface area contributed by atoms with Crippen LogP contribution in [0, 0.1) is 0 Å². The van der Waals surface area contributed by atoms with Crippen LogP contribution in [-0.2, 0) is 14.3 Å². The van der Waals surface area contributed by atoms with Gasteiger partial charge in [-0.05, 0) is 83.5 Å². The SMILES string of the molecule is CCCC/C=C\C/C=C\CCCCCCCC(=O)OCCCCCCCCCCCC/C=C\CCCCCCCCCC(=O)NC(CO)C(O)/C=C/CCCCCCCCCCCCCCCCCCCC. The second-order valence-electron chi connectivity index (χ2n) is 21.7. The fourth-order valence-corrected chi connectivity index (χ4v) is 9.65. The maximum Gasteiger partial charge on any atom is 0.305 e. The minimum atomic E-state index is -0.851. The lowest BCUT2D eigenvalue weighted by molar-refractivity contribution is -0.143. The van der Waals surface area contributed by atoms with Gasteiger partial charge in [0.2, 0.25) is 5.91 Å². The number of carbonyl (C=O) groups excluding carboxylic acids is 2. The zero-order valence-electron chi connectivity index (χ0n) is 48.2. The van der Waals surface area contributed by atoms with Gasteiger partial charge in [0, 0.05) is 12.8 Å². The van der Waals surface area contributed by atoms with E-state index in [4.69, 9.17) is 4.74 Å². The molecule has 0 aliphatic heterocycles. The lowest BCUT2D eigenvalue weighted by Gasteiger charge is -2.20. The number of rotatable bonds is 59. The Kier molecular flexibility index (Phi) is 59.5. The summed E-state index contributed by atoms with van der Waals surface area (Å²) in [5, 5.41) is 23.2. The minimum absolute atomic E-state index is 0.00718. The standard InChI is InChI=1S/C66H123NO5/c1-3-5-7-9-11-13-15-17-19-20-21-25-28-31-34-38-42-46-50-54-58-64(69)63(62-68)67-65(70)59-55-51-47-43-39-35-32-29-26-23-22-24-27-30-33-37-41-45-49-53-57-61-72-66(71)60-56-52-48-44-40-36-18-16-14-12-10-8-6-4-2/h10,12,16,18,23,26,54,58,63-64,68-69H,3-9,11,13-15,17,19-22,24-25,27-53,55-57,59-62H2,1-2H3,(H,67,70)/b12-10-,18-16-,26-23-,58-54+. The van der Waals surface area contributed by atoms with E-state index in [-0.39, 0.29) is 18.5 Å². The van der Waals surface area contributed by atoms with Crippen molar-refractivity contribution in [2.45, 2.75) is 347 Å². The topological polar surface area (TPSA) is 95.9 Å². The van der Waals surface area contributed by atoms with Gasteiger partial charge >= 0.3 is 5.97 Å². The van der Waals surface area contributed by atoms with E-state index in [1.54, 1.807) is 6.08 Å². The smallest absolute Gasteiger partial charge is 0.305 e. The van der Waals surface area contributed by atoms with Gasteiger partial charge in [0.1, 0.15) is 0 Å². The Bertz CT molecular complexity index is 1210. The summed E-state index contributed by atoms with van der Waals surface area (Å²) in [5.74, 6) is -0.0812. The first kappa shape index (κ1) is 69.8. The van der Waals surface area contributed by atoms with Crippen molar-refractivity contribution in [3.05, 3.63) is 48.6 Å². The molecule has 0 aromatic heterocycles. The first-order valence-corrected chi connectivity index (χ1v) is 31.9. The van der Waals surface area contributed by atoms with Crippen molar-refractivity contribution in [3.63, 3.8) is 0 Å². The molecule has 3 N–H and O–H groups in total. The van der Waals surface area contributed by atoms with Crippen molar-refractivity contribution in [2.75, 3.05) is 13.2 Å². The highest BCUT2D eigenvalue weighted by Crippen LogP contribution is 2.17. The van der Waals surface area contributed by atoms with E-state index in [1.165, 1.54) is 250 Å². The maximum atomic E-state index is 12.5. The molecule has 72 heavy (non-hydrogen) atoms. The summed E-state index contributed by atoms with van der Waals surface area (Å²) in [6.07, 6.45) is 78.6. The fraction of sp³-hybridized carbons (Fsp3) is 0.848. The molecule has 2 unspecified atom stereocenters. The van der Waals surface area contributed by atoms with Crippen LogP contribution in [0.2, 0.25) is 0 Å². The van der Waals surface area contributed by atoms with Gasteiger partial charge in [0.25, 0.3) is 0 Å². The third-order valence-electron chi connectivity index (χ3n) is 14.6. The Morgan fingerprint density at radius 1 is 0.389 bits per heavy atom. The van der Waals surface area contributed by atoms with Crippen LogP contribution in [0.5, 0.6) is 0 Å². The lowest BCUT2D eigenvalue weighted by atomic mass is 10.0. The summed E-state index contributed by atoms with van der Waals surface area (Å²) in [5.41, 5.74) is 0. The largest absolute Gasteiger partial charge is 0.466 e. The van der Waals surface area contributed by atoms with Crippen LogP contribution in [0.4, 0.5) is 0 Å². The van der Waals surface area contributed by atoms with Crippen LogP contribution in [0.1, 0.15) is 335 Å². The van der Waals surface area contributed by atoms with Crippen molar-refractivity contribution >= 4 is 11.9 Å². The van der Waals surface area contributed by atoms with Crippen molar-refractivity contribution in [1.29, 1.82) is 0 Å². The van der Waals surface area contributed by atoms with Crippen molar-refractivity contribution in [2.24, 2.45) is 0 Å². The number of carbonyl (C=O) groups is 2. The fourth-order valence-electron chi connectivity index (χ4n) is 9.65. The molecule has 0 aromatic carbocycles. The number of allylic oxidation sites excluding steroid dienone is 7. The minimum Gasteiger partial charge on any atom is -0.466 e. The van der Waals surface area contributed by atoms with E-state index in [9.17, 15) is 19.8 Å². The van der Waals surface area contributed by atoms with E-state index in [0.717, 1.165) is 57.8 Å². The molecule has 0 saturated carbocycles. The summed E-state index contributed by atoms with van der Waals surface area (Å²) in [6, 6.07) is -0.635. The first-order valence-electron chi connectivity index (χ1n) is 31.9. The normalized spacial score (nSPS) is 12.9. The number of hydrogen-bond donors (Lipinski definition) is 3. The molecule has 6 heteroatoms. The average molecular weight is 1010 g/mol. The molecule has 0 fully saturated rings. The highest BCUT2D eigenvalue weighted by molar-refractivity contribution is 5.76. The van der Waals surface area contributed by atoms with Crippen molar-refractivity contribution < 1.29 is 24.5 Å². The monoisotopic (exact) mass is 1010 g/mol. The van der Waals surface area contributed by atoms with E-state index >= 15 is 0 Å². The predicted molar refractivity (Wildman–Crippen MR) is 315 cm³/mol. The predicted octanol–water partition coefficient (Wildman–Crippen LogP) is 20.1. The third-order valence-corrected chi connectivity index (χ3v) is 14.6. The molecule has 0 saturated heterocycles. The summed E-state index contributed by atoms with van der Waals surface area (Å²) in [4.78, 5) is 24.5. The van der Waals surface area contributed by atoms with Crippen LogP contribution < -0.4 is 5.32 Å². The van der Waals surface area contributed by atoms with Gasteiger partial charge in [0.15, 0.2) is 0 Å².